The van der Waals surface area contributed by atoms with E-state index in [2.05, 4.69) is 21.6 Å². The Morgan fingerprint density at radius 3 is 2.57 bits per heavy atom. The largest absolute Gasteiger partial charge is 0.372 e. The van der Waals surface area contributed by atoms with E-state index in [1.54, 1.807) is 19.2 Å². The number of nitriles is 1. The summed E-state index contributed by atoms with van der Waals surface area (Å²) in [6.07, 6.45) is 0.253. The molecule has 2 aromatic rings. The van der Waals surface area contributed by atoms with Crippen LogP contribution in [0.3, 0.4) is 0 Å². The zero-order valence-corrected chi connectivity index (χ0v) is 11.7. The third-order valence-corrected chi connectivity index (χ3v) is 2.90. The average Bonchev–Trinajstić information content (AvgIpc) is 2.56. The molecule has 0 unspecified atom stereocenters. The van der Waals surface area contributed by atoms with Gasteiger partial charge < -0.3 is 10.2 Å². The fourth-order valence-electron chi connectivity index (χ4n) is 1.84. The van der Waals surface area contributed by atoms with E-state index < -0.39 is 0 Å². The second-order valence-electron chi connectivity index (χ2n) is 4.25. The number of rotatable bonds is 5. The summed E-state index contributed by atoms with van der Waals surface area (Å²) in [4.78, 5) is 14.1. The lowest BCUT2D eigenvalue weighted by molar-refractivity contribution is 0.0982. The number of hydrogen-bond donors (Lipinski definition) is 1. The van der Waals surface area contributed by atoms with Crippen LogP contribution in [-0.2, 0) is 0 Å². The summed E-state index contributed by atoms with van der Waals surface area (Å²) >= 11 is 0. The number of benzene rings is 1. The zero-order valence-electron chi connectivity index (χ0n) is 11.7. The number of carbonyl (C=O) groups excluding carboxylic acids is 1. The first kappa shape index (κ1) is 14.5. The number of aromatic nitrogens is 2. The molecule has 0 atom stereocenters. The van der Waals surface area contributed by atoms with Gasteiger partial charge in [0.2, 0.25) is 0 Å². The Kier molecular flexibility index (Phi) is 4.83. The van der Waals surface area contributed by atoms with Crippen molar-refractivity contribution in [3.8, 4) is 6.07 Å². The number of nitrogens with zero attached hydrogens (tertiary/aromatic N) is 4. The van der Waals surface area contributed by atoms with Gasteiger partial charge in [-0.25, -0.2) is 0 Å². The van der Waals surface area contributed by atoms with E-state index in [4.69, 9.17) is 5.26 Å². The number of anilines is 2. The molecule has 0 aliphatic carbocycles. The lowest BCUT2D eigenvalue weighted by Crippen LogP contribution is -2.32. The Bertz CT molecular complexity index is 633. The van der Waals surface area contributed by atoms with Crippen molar-refractivity contribution >= 4 is 17.4 Å². The van der Waals surface area contributed by atoms with Crippen LogP contribution < -0.4 is 10.2 Å². The molecule has 1 amide bonds. The smallest absolute Gasteiger partial charge is 0.278 e. The standard InChI is InChI=1S/C15H15N5O/c1-17-14-9-8-13(18-19-14)15(21)20(11-5-10-16)12-6-3-2-4-7-12/h2-4,6-9H,5,11H2,1H3,(H,17,19). The summed E-state index contributed by atoms with van der Waals surface area (Å²) in [5.41, 5.74) is 0.980. The van der Waals surface area contributed by atoms with Crippen LogP contribution in [-0.4, -0.2) is 29.7 Å². The number of para-hydroxylation sites is 1. The number of nitrogens with one attached hydrogen (secondary N) is 1. The molecule has 0 aliphatic heterocycles. The first-order valence-electron chi connectivity index (χ1n) is 6.51. The van der Waals surface area contributed by atoms with Gasteiger partial charge in [0, 0.05) is 19.3 Å². The van der Waals surface area contributed by atoms with Crippen LogP contribution in [0.15, 0.2) is 42.5 Å². The van der Waals surface area contributed by atoms with Crippen molar-refractivity contribution in [1.29, 1.82) is 5.26 Å². The molecule has 0 radical (unpaired) electrons. The van der Waals surface area contributed by atoms with E-state index in [9.17, 15) is 4.79 Å². The Hall–Kier alpha value is -2.94. The van der Waals surface area contributed by atoms with Crippen molar-refractivity contribution < 1.29 is 4.79 Å². The van der Waals surface area contributed by atoms with Gasteiger partial charge in [-0.2, -0.15) is 5.26 Å². The van der Waals surface area contributed by atoms with Gasteiger partial charge >= 0.3 is 0 Å². The maximum absolute atomic E-state index is 12.5. The first-order valence-corrected chi connectivity index (χ1v) is 6.51. The minimum atomic E-state index is -0.272. The van der Waals surface area contributed by atoms with Crippen LogP contribution in [0.25, 0.3) is 0 Å². The first-order chi connectivity index (χ1) is 10.3. The number of carbonyl (C=O) groups is 1. The van der Waals surface area contributed by atoms with Gasteiger partial charge in [-0.3, -0.25) is 4.79 Å². The normalized spacial score (nSPS) is 9.71. The van der Waals surface area contributed by atoms with Gasteiger partial charge in [-0.05, 0) is 24.3 Å². The zero-order chi connectivity index (χ0) is 15.1. The molecular formula is C15H15N5O. The maximum Gasteiger partial charge on any atom is 0.278 e. The molecule has 1 aromatic carbocycles. The summed E-state index contributed by atoms with van der Waals surface area (Å²) in [5.74, 6) is 0.321. The van der Waals surface area contributed by atoms with Crippen LogP contribution in [0.5, 0.6) is 0 Å². The second-order valence-corrected chi connectivity index (χ2v) is 4.25. The Labute approximate surface area is 123 Å². The van der Waals surface area contributed by atoms with Crippen molar-refractivity contribution in [2.24, 2.45) is 0 Å². The summed E-state index contributed by atoms with van der Waals surface area (Å²) in [5, 5.41) is 19.4. The summed E-state index contributed by atoms with van der Waals surface area (Å²) < 4.78 is 0. The van der Waals surface area contributed by atoms with Crippen LogP contribution in [0.1, 0.15) is 16.9 Å². The highest BCUT2D eigenvalue weighted by molar-refractivity contribution is 6.04. The van der Waals surface area contributed by atoms with E-state index in [1.807, 2.05) is 30.3 Å². The molecule has 0 spiro atoms. The molecule has 6 heteroatoms. The van der Waals surface area contributed by atoms with E-state index in [-0.39, 0.29) is 18.0 Å². The van der Waals surface area contributed by atoms with Crippen molar-refractivity contribution in [3.63, 3.8) is 0 Å². The van der Waals surface area contributed by atoms with Gasteiger partial charge in [-0.1, -0.05) is 18.2 Å². The summed E-state index contributed by atoms with van der Waals surface area (Å²) in [7, 11) is 1.73. The van der Waals surface area contributed by atoms with Gasteiger partial charge in [0.15, 0.2) is 5.69 Å². The lowest BCUT2D eigenvalue weighted by Gasteiger charge is -2.21. The molecule has 0 saturated carbocycles. The molecule has 6 nitrogen and oxygen atoms in total. The monoisotopic (exact) mass is 281 g/mol. The second kappa shape index (κ2) is 7.01. The Morgan fingerprint density at radius 1 is 1.24 bits per heavy atom. The van der Waals surface area contributed by atoms with Crippen LogP contribution in [0.2, 0.25) is 0 Å². The Balaban J connectivity index is 2.27. The molecule has 0 fully saturated rings. The lowest BCUT2D eigenvalue weighted by atomic mass is 10.2. The molecule has 1 aromatic heterocycles. The Morgan fingerprint density at radius 2 is 2.00 bits per heavy atom. The molecule has 1 heterocycles. The summed E-state index contributed by atoms with van der Waals surface area (Å²) in [6, 6.07) is 14.6. The average molecular weight is 281 g/mol. The molecular weight excluding hydrogens is 266 g/mol. The topological polar surface area (TPSA) is 81.9 Å². The minimum Gasteiger partial charge on any atom is -0.372 e. The van der Waals surface area contributed by atoms with E-state index >= 15 is 0 Å². The number of hydrogen-bond acceptors (Lipinski definition) is 5. The SMILES string of the molecule is CNc1ccc(C(=O)N(CCC#N)c2ccccc2)nn1. The van der Waals surface area contributed by atoms with Gasteiger partial charge in [0.05, 0.1) is 12.5 Å². The van der Waals surface area contributed by atoms with Crippen molar-refractivity contribution in [2.75, 3.05) is 23.8 Å². The number of amides is 1. The molecule has 0 aliphatic rings. The van der Waals surface area contributed by atoms with Crippen molar-refractivity contribution in [2.45, 2.75) is 6.42 Å². The third-order valence-electron chi connectivity index (χ3n) is 2.90. The molecule has 1 N–H and O–H groups in total. The van der Waals surface area contributed by atoms with Gasteiger partial charge in [0.1, 0.15) is 5.82 Å². The van der Waals surface area contributed by atoms with Gasteiger partial charge in [-0.15, -0.1) is 10.2 Å². The molecule has 0 bridgehead atoms. The van der Waals surface area contributed by atoms with Crippen LogP contribution in [0, 0.1) is 11.3 Å². The quantitative estimate of drug-likeness (QED) is 0.907. The van der Waals surface area contributed by atoms with Crippen molar-refractivity contribution in [3.05, 3.63) is 48.2 Å². The fourth-order valence-corrected chi connectivity index (χ4v) is 1.84. The third kappa shape index (κ3) is 3.54. The highest BCUT2D eigenvalue weighted by atomic mass is 16.2. The van der Waals surface area contributed by atoms with E-state index in [0.717, 1.165) is 5.69 Å². The summed E-state index contributed by atoms with van der Waals surface area (Å²) in [6.45, 7) is 0.314. The molecule has 2 rings (SSSR count). The van der Waals surface area contributed by atoms with Crippen LogP contribution >= 0.6 is 0 Å². The molecule has 21 heavy (non-hydrogen) atoms. The van der Waals surface area contributed by atoms with Crippen molar-refractivity contribution in [1.82, 2.24) is 10.2 Å². The van der Waals surface area contributed by atoms with E-state index in [0.29, 0.717) is 12.4 Å². The molecule has 0 saturated heterocycles. The predicted octanol–water partition coefficient (Wildman–Crippen LogP) is 2.08. The predicted molar refractivity (Wildman–Crippen MR) is 79.9 cm³/mol. The fraction of sp³-hybridized carbons (Fsp3) is 0.200. The maximum atomic E-state index is 12.5. The minimum absolute atomic E-state index is 0.246. The highest BCUT2D eigenvalue weighted by Gasteiger charge is 2.18. The van der Waals surface area contributed by atoms with E-state index in [1.165, 1.54) is 4.90 Å². The van der Waals surface area contributed by atoms with Crippen LogP contribution in [0.4, 0.5) is 11.5 Å². The van der Waals surface area contributed by atoms with Gasteiger partial charge in [0.25, 0.3) is 5.91 Å². The highest BCUT2D eigenvalue weighted by Crippen LogP contribution is 2.16. The molecule has 106 valence electrons.